The van der Waals surface area contributed by atoms with E-state index in [9.17, 15) is 9.59 Å². The van der Waals surface area contributed by atoms with Crippen LogP contribution in [0.2, 0.25) is 0 Å². The van der Waals surface area contributed by atoms with Crippen LogP contribution >= 0.6 is 12.4 Å². The number of rotatable bonds is 2. The second kappa shape index (κ2) is 10.2. The zero-order chi connectivity index (χ0) is 9.44. The third-order valence-corrected chi connectivity index (χ3v) is 0.564. The third-order valence-electron chi connectivity index (χ3n) is 0.564. The van der Waals surface area contributed by atoms with Gasteiger partial charge in [0.25, 0.3) is 0 Å². The molecule has 0 saturated heterocycles. The minimum atomic E-state index is -0.968. The number of hydrogen-bond donors (Lipinski definition) is 4. The zero-order valence-electron chi connectivity index (χ0n) is 6.56. The summed E-state index contributed by atoms with van der Waals surface area (Å²) in [5.74, 6) is -1.93. The largest absolute Gasteiger partial charge is 0.480 e. The van der Waals surface area contributed by atoms with Crippen LogP contribution in [0.1, 0.15) is 6.92 Å². The third kappa shape index (κ3) is 22.9. The highest BCUT2D eigenvalue weighted by molar-refractivity contribution is 5.85. The van der Waals surface area contributed by atoms with Gasteiger partial charge in [-0.1, -0.05) is 0 Å². The van der Waals surface area contributed by atoms with Crippen molar-refractivity contribution in [1.82, 2.24) is 0 Å². The average molecular weight is 201 g/mol. The monoisotopic (exact) mass is 200 g/mol. The maximum Gasteiger partial charge on any atom is 0.320 e. The number of halogens is 1. The predicted molar refractivity (Wildman–Crippen MR) is 45.2 cm³/mol. The number of aliphatic carboxylic acids is 2. The highest BCUT2D eigenvalue weighted by Crippen LogP contribution is 1.68. The van der Waals surface area contributed by atoms with Crippen LogP contribution in [0.5, 0.6) is 0 Å². The van der Waals surface area contributed by atoms with E-state index < -0.39 is 18.0 Å². The van der Waals surface area contributed by atoms with Gasteiger partial charge in [-0.05, 0) is 6.92 Å². The summed E-state index contributed by atoms with van der Waals surface area (Å²) in [6.07, 6.45) is 0. The summed E-state index contributed by atoms with van der Waals surface area (Å²) in [7, 11) is 0. The van der Waals surface area contributed by atoms with Crippen molar-refractivity contribution in [2.45, 2.75) is 13.0 Å². The first-order chi connectivity index (χ1) is 4.91. The van der Waals surface area contributed by atoms with Gasteiger partial charge in [0, 0.05) is 0 Å². The normalized spacial score (nSPS) is 9.92. The van der Waals surface area contributed by atoms with Crippen LogP contribution in [0, 0.1) is 0 Å². The van der Waals surface area contributed by atoms with Gasteiger partial charge < -0.3 is 21.7 Å². The highest BCUT2D eigenvalue weighted by atomic mass is 35.5. The molecule has 7 heteroatoms. The van der Waals surface area contributed by atoms with E-state index in [4.69, 9.17) is 15.9 Å². The summed E-state index contributed by atoms with van der Waals surface area (Å²) < 4.78 is 0. The van der Waals surface area contributed by atoms with Gasteiger partial charge in [-0.2, -0.15) is 0 Å². The lowest BCUT2D eigenvalue weighted by Gasteiger charge is -1.90. The van der Waals surface area contributed by atoms with E-state index in [0.717, 1.165) is 0 Å². The van der Waals surface area contributed by atoms with Crippen LogP contribution in [0.25, 0.3) is 0 Å². The fourth-order valence-electron chi connectivity index (χ4n) is 0. The molecule has 0 aromatic carbocycles. The molecular formula is C5H13ClN2O4. The standard InChI is InChI=1S/C3H7NO2.C2H5NO2.ClH/c1-2(4)3(5)6;3-1-2(4)5;/h2H,4H2,1H3,(H,5,6);1,3H2,(H,4,5);1H. The molecule has 0 aromatic rings. The number of carbonyl (C=O) groups is 2. The molecule has 1 atom stereocenters. The molecule has 0 rings (SSSR count). The first kappa shape index (κ1) is 17.3. The van der Waals surface area contributed by atoms with E-state index in [1.54, 1.807) is 0 Å². The molecule has 0 heterocycles. The van der Waals surface area contributed by atoms with E-state index in [0.29, 0.717) is 0 Å². The minimum absolute atomic E-state index is 0. The molecule has 6 nitrogen and oxygen atoms in total. The van der Waals surface area contributed by atoms with Crippen LogP contribution in [0.4, 0.5) is 0 Å². The van der Waals surface area contributed by atoms with Crippen molar-refractivity contribution in [2.75, 3.05) is 6.54 Å². The van der Waals surface area contributed by atoms with Gasteiger partial charge in [-0.3, -0.25) is 9.59 Å². The lowest BCUT2D eigenvalue weighted by atomic mass is 10.4. The lowest BCUT2D eigenvalue weighted by Crippen LogP contribution is -2.25. The van der Waals surface area contributed by atoms with E-state index in [-0.39, 0.29) is 19.0 Å². The van der Waals surface area contributed by atoms with Gasteiger partial charge in [-0.15, -0.1) is 12.4 Å². The number of hydrogen-bond acceptors (Lipinski definition) is 4. The number of carboxylic acid groups (broad SMARTS) is 2. The van der Waals surface area contributed by atoms with E-state index in [1.165, 1.54) is 6.92 Å². The number of nitrogens with two attached hydrogens (primary N) is 2. The molecule has 0 spiro atoms. The first-order valence-electron chi connectivity index (χ1n) is 2.82. The van der Waals surface area contributed by atoms with Gasteiger partial charge in [0.1, 0.15) is 6.04 Å². The molecule has 0 aliphatic carbocycles. The minimum Gasteiger partial charge on any atom is -0.480 e. The van der Waals surface area contributed by atoms with Crippen LogP contribution in [0.15, 0.2) is 0 Å². The SMILES string of the molecule is CC(N)C(=O)O.Cl.NCC(=O)O. The Morgan fingerprint density at radius 3 is 1.58 bits per heavy atom. The Morgan fingerprint density at radius 1 is 1.42 bits per heavy atom. The average Bonchev–Trinajstić information content (AvgIpc) is 1.89. The van der Waals surface area contributed by atoms with E-state index >= 15 is 0 Å². The van der Waals surface area contributed by atoms with Crippen molar-refractivity contribution in [2.24, 2.45) is 11.5 Å². The maximum atomic E-state index is 9.57. The fourth-order valence-corrected chi connectivity index (χ4v) is 0. The molecule has 0 aliphatic heterocycles. The Bertz CT molecular complexity index is 139. The molecule has 0 aliphatic rings. The molecule has 0 amide bonds. The predicted octanol–water partition coefficient (Wildman–Crippen LogP) is -1.13. The molecule has 0 bridgehead atoms. The Kier molecular flexibility index (Phi) is 14.6. The van der Waals surface area contributed by atoms with Crippen molar-refractivity contribution in [3.8, 4) is 0 Å². The zero-order valence-corrected chi connectivity index (χ0v) is 7.37. The molecule has 0 fully saturated rings. The summed E-state index contributed by atoms with van der Waals surface area (Å²) in [5, 5.41) is 15.5. The molecule has 6 N–H and O–H groups in total. The van der Waals surface area contributed by atoms with Crippen molar-refractivity contribution >= 4 is 24.3 Å². The molecular weight excluding hydrogens is 188 g/mol. The van der Waals surface area contributed by atoms with Crippen molar-refractivity contribution in [3.05, 3.63) is 0 Å². The summed E-state index contributed by atoms with van der Waals surface area (Å²) in [5.41, 5.74) is 9.41. The molecule has 1 unspecified atom stereocenters. The van der Waals surface area contributed by atoms with Gasteiger partial charge in [0.15, 0.2) is 0 Å². The smallest absolute Gasteiger partial charge is 0.320 e. The Labute approximate surface area is 75.9 Å². The fraction of sp³-hybridized carbons (Fsp3) is 0.600. The summed E-state index contributed by atoms with van der Waals surface area (Å²) in [6.45, 7) is 1.14. The second-order valence-electron chi connectivity index (χ2n) is 1.72. The number of carboxylic acids is 2. The van der Waals surface area contributed by atoms with Gasteiger partial charge >= 0.3 is 11.9 Å². The van der Waals surface area contributed by atoms with Crippen molar-refractivity contribution in [3.63, 3.8) is 0 Å². The summed E-state index contributed by atoms with van der Waals surface area (Å²) >= 11 is 0. The summed E-state index contributed by atoms with van der Waals surface area (Å²) in [6, 6.07) is -0.731. The van der Waals surface area contributed by atoms with Crippen LogP contribution in [0.3, 0.4) is 0 Å². The Balaban J connectivity index is -0.000000126. The highest BCUT2D eigenvalue weighted by Gasteiger charge is 1.99. The molecule has 74 valence electrons. The van der Waals surface area contributed by atoms with Gasteiger partial charge in [0.2, 0.25) is 0 Å². The van der Waals surface area contributed by atoms with Crippen molar-refractivity contribution in [1.29, 1.82) is 0 Å². The first-order valence-corrected chi connectivity index (χ1v) is 2.82. The Morgan fingerprint density at radius 2 is 1.58 bits per heavy atom. The van der Waals surface area contributed by atoms with Crippen LogP contribution < -0.4 is 11.5 Å². The van der Waals surface area contributed by atoms with Gasteiger partial charge in [0.05, 0.1) is 6.54 Å². The summed E-state index contributed by atoms with van der Waals surface area (Å²) in [4.78, 5) is 18.8. The molecule has 0 radical (unpaired) electrons. The lowest BCUT2D eigenvalue weighted by molar-refractivity contribution is -0.138. The topological polar surface area (TPSA) is 127 Å². The Hall–Kier alpha value is -0.850. The molecule has 12 heavy (non-hydrogen) atoms. The quantitative estimate of drug-likeness (QED) is 0.447. The van der Waals surface area contributed by atoms with Crippen LogP contribution in [-0.4, -0.2) is 34.7 Å². The van der Waals surface area contributed by atoms with E-state index in [2.05, 4.69) is 5.73 Å². The molecule has 0 aromatic heterocycles. The van der Waals surface area contributed by atoms with Crippen molar-refractivity contribution < 1.29 is 19.8 Å². The second-order valence-corrected chi connectivity index (χ2v) is 1.72. The maximum absolute atomic E-state index is 9.57. The molecule has 0 saturated carbocycles. The van der Waals surface area contributed by atoms with Gasteiger partial charge in [-0.25, -0.2) is 0 Å². The van der Waals surface area contributed by atoms with E-state index in [1.807, 2.05) is 0 Å². The van der Waals surface area contributed by atoms with Crippen LogP contribution in [-0.2, 0) is 9.59 Å².